The van der Waals surface area contributed by atoms with Crippen LogP contribution in [-0.4, -0.2) is 10.9 Å². The number of carbonyl (C=O) groups excluding carboxylic acids is 1. The van der Waals surface area contributed by atoms with Crippen LogP contribution >= 0.6 is 11.6 Å². The smallest absolute Gasteiger partial charge is 0.257 e. The zero-order chi connectivity index (χ0) is 18.5. The number of hydrogen-bond donors (Lipinski definition) is 2. The van der Waals surface area contributed by atoms with Crippen LogP contribution < -0.4 is 10.6 Å². The molecular weight excluding hydrogens is 353 g/mol. The second kappa shape index (κ2) is 7.97. The van der Waals surface area contributed by atoms with Gasteiger partial charge in [0, 0.05) is 29.6 Å². The average molecular weight is 370 g/mol. The van der Waals surface area contributed by atoms with Crippen LogP contribution in [0.4, 0.5) is 15.8 Å². The molecule has 2 N–H and O–H groups in total. The molecule has 3 rings (SSSR count). The molecule has 0 atom stereocenters. The van der Waals surface area contributed by atoms with Crippen LogP contribution in [-0.2, 0) is 6.54 Å². The standard InChI is InChI=1S/C20H17ClFN3O/c1-13-8-16(21)4-7-19(13)25-20(26)15-9-18(12-23-11-15)24-10-14-2-5-17(22)6-3-14/h2-9,11-12,24H,10H2,1H3,(H,25,26). The predicted molar refractivity (Wildman–Crippen MR) is 102 cm³/mol. The lowest BCUT2D eigenvalue weighted by molar-refractivity contribution is 0.102. The van der Waals surface area contributed by atoms with E-state index in [0.29, 0.717) is 28.5 Å². The van der Waals surface area contributed by atoms with E-state index >= 15 is 0 Å². The molecule has 1 heterocycles. The van der Waals surface area contributed by atoms with E-state index in [2.05, 4.69) is 15.6 Å². The van der Waals surface area contributed by atoms with Gasteiger partial charge in [-0.25, -0.2) is 4.39 Å². The van der Waals surface area contributed by atoms with Crippen molar-refractivity contribution >= 4 is 28.9 Å². The molecule has 132 valence electrons. The largest absolute Gasteiger partial charge is 0.380 e. The van der Waals surface area contributed by atoms with Crippen molar-refractivity contribution in [2.45, 2.75) is 13.5 Å². The first-order valence-corrected chi connectivity index (χ1v) is 8.40. The molecule has 0 saturated heterocycles. The highest BCUT2D eigenvalue weighted by Gasteiger charge is 2.09. The summed E-state index contributed by atoms with van der Waals surface area (Å²) in [7, 11) is 0. The maximum absolute atomic E-state index is 12.9. The summed E-state index contributed by atoms with van der Waals surface area (Å²) in [5.74, 6) is -0.528. The monoisotopic (exact) mass is 369 g/mol. The Morgan fingerprint density at radius 1 is 1.12 bits per heavy atom. The van der Waals surface area contributed by atoms with Gasteiger partial charge in [0.2, 0.25) is 0 Å². The Morgan fingerprint density at radius 2 is 1.88 bits per heavy atom. The minimum absolute atomic E-state index is 0.256. The zero-order valence-electron chi connectivity index (χ0n) is 14.1. The number of carbonyl (C=O) groups is 1. The van der Waals surface area contributed by atoms with Crippen molar-refractivity contribution in [2.75, 3.05) is 10.6 Å². The number of nitrogens with one attached hydrogen (secondary N) is 2. The number of amides is 1. The minimum Gasteiger partial charge on any atom is -0.380 e. The first-order valence-electron chi connectivity index (χ1n) is 8.02. The molecule has 0 aliphatic carbocycles. The SMILES string of the molecule is Cc1cc(Cl)ccc1NC(=O)c1cncc(NCc2ccc(F)cc2)c1. The van der Waals surface area contributed by atoms with E-state index in [1.807, 2.05) is 6.92 Å². The van der Waals surface area contributed by atoms with Gasteiger partial charge in [0.1, 0.15) is 5.82 Å². The van der Waals surface area contributed by atoms with Crippen LogP contribution in [0.3, 0.4) is 0 Å². The number of halogens is 2. The van der Waals surface area contributed by atoms with Gasteiger partial charge in [-0.1, -0.05) is 23.7 Å². The fraction of sp³-hybridized carbons (Fsp3) is 0.100. The van der Waals surface area contributed by atoms with Crippen LogP contribution in [0.25, 0.3) is 0 Å². The normalized spacial score (nSPS) is 10.4. The molecule has 0 radical (unpaired) electrons. The number of aromatic nitrogens is 1. The summed E-state index contributed by atoms with van der Waals surface area (Å²) >= 11 is 5.93. The van der Waals surface area contributed by atoms with Gasteiger partial charge in [0.25, 0.3) is 5.91 Å². The van der Waals surface area contributed by atoms with E-state index in [1.54, 1.807) is 42.6 Å². The third-order valence-corrected chi connectivity index (χ3v) is 4.08. The van der Waals surface area contributed by atoms with E-state index < -0.39 is 0 Å². The number of rotatable bonds is 5. The second-order valence-corrected chi connectivity index (χ2v) is 6.29. The highest BCUT2D eigenvalue weighted by Crippen LogP contribution is 2.20. The minimum atomic E-state index is -0.272. The summed E-state index contributed by atoms with van der Waals surface area (Å²) in [6.07, 6.45) is 3.14. The summed E-state index contributed by atoms with van der Waals surface area (Å²) in [6, 6.07) is 13.2. The van der Waals surface area contributed by atoms with Crippen molar-refractivity contribution in [2.24, 2.45) is 0 Å². The average Bonchev–Trinajstić information content (AvgIpc) is 2.64. The van der Waals surface area contributed by atoms with Crippen LogP contribution in [0, 0.1) is 12.7 Å². The quantitative estimate of drug-likeness (QED) is 0.662. The van der Waals surface area contributed by atoms with Crippen molar-refractivity contribution < 1.29 is 9.18 Å². The molecule has 6 heteroatoms. The molecule has 0 saturated carbocycles. The lowest BCUT2D eigenvalue weighted by Crippen LogP contribution is -2.13. The number of aryl methyl sites for hydroxylation is 1. The van der Waals surface area contributed by atoms with E-state index in [1.165, 1.54) is 18.3 Å². The molecule has 0 bridgehead atoms. The molecule has 2 aromatic carbocycles. The molecule has 4 nitrogen and oxygen atoms in total. The first kappa shape index (κ1) is 17.9. The molecule has 0 aliphatic heterocycles. The topological polar surface area (TPSA) is 54.0 Å². The number of hydrogen-bond acceptors (Lipinski definition) is 3. The molecule has 0 unspecified atom stereocenters. The fourth-order valence-corrected chi connectivity index (χ4v) is 2.66. The van der Waals surface area contributed by atoms with E-state index in [0.717, 1.165) is 11.1 Å². The molecule has 26 heavy (non-hydrogen) atoms. The predicted octanol–water partition coefficient (Wildman–Crippen LogP) is 5.05. The van der Waals surface area contributed by atoms with Crippen molar-refractivity contribution in [3.8, 4) is 0 Å². The molecule has 3 aromatic rings. The van der Waals surface area contributed by atoms with Gasteiger partial charge in [-0.05, 0) is 54.4 Å². The highest BCUT2D eigenvalue weighted by molar-refractivity contribution is 6.30. The lowest BCUT2D eigenvalue weighted by Gasteiger charge is -2.10. The third kappa shape index (κ3) is 4.58. The van der Waals surface area contributed by atoms with Crippen LogP contribution in [0.5, 0.6) is 0 Å². The van der Waals surface area contributed by atoms with Crippen molar-refractivity contribution in [1.29, 1.82) is 0 Å². The number of pyridine rings is 1. The van der Waals surface area contributed by atoms with Gasteiger partial charge in [0.05, 0.1) is 11.3 Å². The van der Waals surface area contributed by atoms with Gasteiger partial charge >= 0.3 is 0 Å². The first-order chi connectivity index (χ1) is 12.5. The number of benzene rings is 2. The summed E-state index contributed by atoms with van der Waals surface area (Å²) in [5.41, 5.74) is 3.64. The Bertz CT molecular complexity index is 929. The maximum atomic E-state index is 12.9. The van der Waals surface area contributed by atoms with E-state index in [-0.39, 0.29) is 11.7 Å². The van der Waals surface area contributed by atoms with Crippen LogP contribution in [0.1, 0.15) is 21.5 Å². The maximum Gasteiger partial charge on any atom is 0.257 e. The molecular formula is C20H17ClFN3O. The van der Waals surface area contributed by atoms with Crippen LogP contribution in [0.2, 0.25) is 5.02 Å². The van der Waals surface area contributed by atoms with E-state index in [9.17, 15) is 9.18 Å². The second-order valence-electron chi connectivity index (χ2n) is 5.86. The lowest BCUT2D eigenvalue weighted by atomic mass is 10.2. The molecule has 1 amide bonds. The number of anilines is 2. The Morgan fingerprint density at radius 3 is 2.62 bits per heavy atom. The number of nitrogens with zero attached hydrogens (tertiary/aromatic N) is 1. The summed E-state index contributed by atoms with van der Waals surface area (Å²) in [6.45, 7) is 2.38. The summed E-state index contributed by atoms with van der Waals surface area (Å²) in [4.78, 5) is 16.6. The molecule has 0 aliphatic rings. The Hall–Kier alpha value is -2.92. The van der Waals surface area contributed by atoms with Gasteiger partial charge in [-0.2, -0.15) is 0 Å². The van der Waals surface area contributed by atoms with Crippen molar-refractivity contribution in [3.05, 3.63) is 88.5 Å². The Balaban J connectivity index is 1.67. The highest BCUT2D eigenvalue weighted by atomic mass is 35.5. The summed E-state index contributed by atoms with van der Waals surface area (Å²) in [5, 5.41) is 6.65. The fourth-order valence-electron chi connectivity index (χ4n) is 2.43. The molecule has 0 spiro atoms. The molecule has 1 aromatic heterocycles. The Labute approximate surface area is 156 Å². The van der Waals surface area contributed by atoms with Gasteiger partial charge < -0.3 is 10.6 Å². The van der Waals surface area contributed by atoms with Gasteiger partial charge in [-0.15, -0.1) is 0 Å². The summed E-state index contributed by atoms with van der Waals surface area (Å²) < 4.78 is 12.9. The van der Waals surface area contributed by atoms with Crippen LogP contribution in [0.15, 0.2) is 60.9 Å². The van der Waals surface area contributed by atoms with Crippen molar-refractivity contribution in [1.82, 2.24) is 4.98 Å². The van der Waals surface area contributed by atoms with Gasteiger partial charge in [-0.3, -0.25) is 9.78 Å². The van der Waals surface area contributed by atoms with Gasteiger partial charge in [0.15, 0.2) is 0 Å². The van der Waals surface area contributed by atoms with Crippen molar-refractivity contribution in [3.63, 3.8) is 0 Å². The Kier molecular flexibility index (Phi) is 5.49. The van der Waals surface area contributed by atoms with E-state index in [4.69, 9.17) is 11.6 Å². The molecule has 0 fully saturated rings. The zero-order valence-corrected chi connectivity index (χ0v) is 14.8. The third-order valence-electron chi connectivity index (χ3n) is 3.85.